The summed E-state index contributed by atoms with van der Waals surface area (Å²) in [4.78, 5) is 13.1. The summed E-state index contributed by atoms with van der Waals surface area (Å²) in [5.74, 6) is 1.08. The quantitative estimate of drug-likeness (QED) is 0.480. The molecule has 1 unspecified atom stereocenters. The normalized spacial score (nSPS) is 15.1. The number of nitrogens with one attached hydrogen (secondary N) is 1. The predicted octanol–water partition coefficient (Wildman–Crippen LogP) is 3.46. The summed E-state index contributed by atoms with van der Waals surface area (Å²) in [6, 6.07) is 19.1. The molecule has 0 spiro atoms. The molecule has 1 atom stereocenters. The van der Waals surface area contributed by atoms with Crippen molar-refractivity contribution in [1.82, 2.24) is 5.32 Å². The van der Waals surface area contributed by atoms with Crippen LogP contribution < -0.4 is 23.8 Å². The summed E-state index contributed by atoms with van der Waals surface area (Å²) in [5, 5.41) is 2.77. The maximum absolute atomic E-state index is 13.5. The Morgan fingerprint density at radius 2 is 1.71 bits per heavy atom. The van der Waals surface area contributed by atoms with E-state index in [2.05, 4.69) is 5.32 Å². The second-order valence-corrected chi connectivity index (χ2v) is 10.1. The van der Waals surface area contributed by atoms with Crippen LogP contribution in [0.4, 0.5) is 5.69 Å². The summed E-state index contributed by atoms with van der Waals surface area (Å²) in [7, 11) is -2.35. The second kappa shape index (κ2) is 10.3. The van der Waals surface area contributed by atoms with Crippen molar-refractivity contribution in [3.05, 3.63) is 77.9 Å². The average Bonchev–Trinajstić information content (AvgIpc) is 2.86. The van der Waals surface area contributed by atoms with Gasteiger partial charge in [-0.2, -0.15) is 0 Å². The van der Waals surface area contributed by atoms with E-state index in [1.165, 1.54) is 4.31 Å². The smallest absolute Gasteiger partial charge is 0.264 e. The molecule has 3 aromatic carbocycles. The minimum absolute atomic E-state index is 0.147. The van der Waals surface area contributed by atoms with Crippen LogP contribution in [0.2, 0.25) is 0 Å². The van der Waals surface area contributed by atoms with E-state index in [1.807, 2.05) is 32.0 Å². The summed E-state index contributed by atoms with van der Waals surface area (Å²) >= 11 is 0. The van der Waals surface area contributed by atoms with Crippen LogP contribution in [0.5, 0.6) is 17.2 Å². The molecule has 4 rings (SSSR count). The third kappa shape index (κ3) is 5.35. The number of carbonyl (C=O) groups is 1. The van der Waals surface area contributed by atoms with Gasteiger partial charge in [0.05, 0.1) is 30.8 Å². The SMILES string of the molecule is COc1ccccc1OCCNC(=O)C1CN(S(=O)(=O)c2ccc(C)cc2)c2ccc(C)cc2O1. The molecule has 9 heteroatoms. The summed E-state index contributed by atoms with van der Waals surface area (Å²) in [5.41, 5.74) is 2.25. The number of hydrogen-bond acceptors (Lipinski definition) is 6. The van der Waals surface area contributed by atoms with Gasteiger partial charge in [-0.15, -0.1) is 0 Å². The van der Waals surface area contributed by atoms with Gasteiger partial charge in [0.2, 0.25) is 0 Å². The molecule has 1 aliphatic heterocycles. The third-order valence-electron chi connectivity index (χ3n) is 5.61. The molecule has 8 nitrogen and oxygen atoms in total. The summed E-state index contributed by atoms with van der Waals surface area (Å²) in [6.07, 6.45) is -1.02. The second-order valence-electron chi connectivity index (χ2n) is 8.22. The Balaban J connectivity index is 1.49. The Bertz CT molecular complexity index is 1310. The highest BCUT2D eigenvalue weighted by molar-refractivity contribution is 7.92. The Labute approximate surface area is 205 Å². The zero-order valence-electron chi connectivity index (χ0n) is 19.9. The first kappa shape index (κ1) is 24.4. The molecule has 1 heterocycles. The molecule has 0 saturated carbocycles. The van der Waals surface area contributed by atoms with Gasteiger partial charge in [0.25, 0.3) is 15.9 Å². The van der Waals surface area contributed by atoms with Crippen molar-refractivity contribution in [2.75, 3.05) is 31.1 Å². The van der Waals surface area contributed by atoms with Crippen LogP contribution in [-0.4, -0.2) is 47.2 Å². The van der Waals surface area contributed by atoms with Crippen molar-refractivity contribution in [2.45, 2.75) is 24.8 Å². The number of para-hydroxylation sites is 2. The maximum Gasteiger partial charge on any atom is 0.264 e. The number of ether oxygens (including phenoxy) is 3. The van der Waals surface area contributed by atoms with Gasteiger partial charge in [0.1, 0.15) is 12.4 Å². The number of sulfonamides is 1. The minimum atomic E-state index is -3.91. The first-order valence-corrected chi connectivity index (χ1v) is 12.6. The largest absolute Gasteiger partial charge is 0.493 e. The zero-order valence-corrected chi connectivity index (χ0v) is 20.7. The van der Waals surface area contributed by atoms with E-state index in [-0.39, 0.29) is 24.6 Å². The fourth-order valence-electron chi connectivity index (χ4n) is 3.75. The van der Waals surface area contributed by atoms with Gasteiger partial charge in [0.15, 0.2) is 17.6 Å². The van der Waals surface area contributed by atoms with E-state index >= 15 is 0 Å². The molecular formula is C26H28N2O6S. The lowest BCUT2D eigenvalue weighted by atomic mass is 10.1. The number of aryl methyl sites for hydroxylation is 2. The first-order chi connectivity index (χ1) is 16.8. The Morgan fingerprint density at radius 3 is 2.43 bits per heavy atom. The van der Waals surface area contributed by atoms with Crippen LogP contribution in [0.1, 0.15) is 11.1 Å². The van der Waals surface area contributed by atoms with Gasteiger partial charge in [-0.05, 0) is 55.8 Å². The summed E-state index contributed by atoms with van der Waals surface area (Å²) in [6.45, 7) is 4.04. The van der Waals surface area contributed by atoms with E-state index in [0.717, 1.165) is 11.1 Å². The Morgan fingerprint density at radius 1 is 1.03 bits per heavy atom. The number of methoxy groups -OCH3 is 1. The maximum atomic E-state index is 13.5. The molecule has 1 aliphatic rings. The monoisotopic (exact) mass is 496 g/mol. The highest BCUT2D eigenvalue weighted by Gasteiger charge is 2.37. The molecule has 0 radical (unpaired) electrons. The van der Waals surface area contributed by atoms with Gasteiger partial charge in [-0.25, -0.2) is 8.42 Å². The van der Waals surface area contributed by atoms with Crippen molar-refractivity contribution >= 4 is 21.6 Å². The van der Waals surface area contributed by atoms with Crippen LogP contribution in [0, 0.1) is 13.8 Å². The molecular weight excluding hydrogens is 468 g/mol. The molecule has 0 saturated heterocycles. The number of nitrogens with zero attached hydrogens (tertiary/aromatic N) is 1. The molecule has 184 valence electrons. The first-order valence-electron chi connectivity index (χ1n) is 11.2. The molecule has 3 aromatic rings. The number of hydrogen-bond donors (Lipinski definition) is 1. The fraction of sp³-hybridized carbons (Fsp3) is 0.269. The van der Waals surface area contributed by atoms with Gasteiger partial charge < -0.3 is 19.5 Å². The van der Waals surface area contributed by atoms with E-state index in [4.69, 9.17) is 14.2 Å². The predicted molar refractivity (Wildman–Crippen MR) is 133 cm³/mol. The molecule has 1 amide bonds. The van der Waals surface area contributed by atoms with Crippen molar-refractivity contribution in [1.29, 1.82) is 0 Å². The third-order valence-corrected chi connectivity index (χ3v) is 7.41. The Hall–Kier alpha value is -3.72. The molecule has 1 N–H and O–H groups in total. The van der Waals surface area contributed by atoms with Crippen molar-refractivity contribution < 1.29 is 27.4 Å². The number of benzene rings is 3. The van der Waals surface area contributed by atoms with Crippen LogP contribution in [0.15, 0.2) is 71.6 Å². The van der Waals surface area contributed by atoms with E-state index in [0.29, 0.717) is 22.9 Å². The van der Waals surface area contributed by atoms with E-state index in [9.17, 15) is 13.2 Å². The molecule has 0 aromatic heterocycles. The zero-order chi connectivity index (χ0) is 25.0. The molecule has 0 bridgehead atoms. The van der Waals surface area contributed by atoms with E-state index in [1.54, 1.807) is 55.6 Å². The lowest BCUT2D eigenvalue weighted by molar-refractivity contribution is -0.127. The number of fused-ring (bicyclic) bond motifs is 1. The highest BCUT2D eigenvalue weighted by atomic mass is 32.2. The average molecular weight is 497 g/mol. The lowest BCUT2D eigenvalue weighted by Crippen LogP contribution is -2.51. The number of carbonyl (C=O) groups excluding carboxylic acids is 1. The standard InChI is InChI=1S/C26H28N2O6S/c1-18-8-11-20(12-9-18)35(30,31)28-17-25(34-24-16-19(2)10-13-21(24)28)26(29)27-14-15-33-23-7-5-4-6-22(23)32-3/h4-13,16,25H,14-15,17H2,1-3H3,(H,27,29). The molecule has 0 aliphatic carbocycles. The van der Waals surface area contributed by atoms with Crippen LogP contribution >= 0.6 is 0 Å². The van der Waals surface area contributed by atoms with Crippen molar-refractivity contribution in [2.24, 2.45) is 0 Å². The van der Waals surface area contributed by atoms with Gasteiger partial charge in [-0.1, -0.05) is 35.9 Å². The van der Waals surface area contributed by atoms with Crippen LogP contribution in [0.3, 0.4) is 0 Å². The van der Waals surface area contributed by atoms with Crippen LogP contribution in [-0.2, 0) is 14.8 Å². The number of amides is 1. The van der Waals surface area contributed by atoms with Gasteiger partial charge >= 0.3 is 0 Å². The molecule has 0 fully saturated rings. The highest BCUT2D eigenvalue weighted by Crippen LogP contribution is 2.37. The fourth-order valence-corrected chi connectivity index (χ4v) is 5.23. The Kier molecular flexibility index (Phi) is 7.16. The topological polar surface area (TPSA) is 94.2 Å². The number of anilines is 1. The molecule has 35 heavy (non-hydrogen) atoms. The van der Waals surface area contributed by atoms with Crippen molar-refractivity contribution in [3.63, 3.8) is 0 Å². The van der Waals surface area contributed by atoms with Crippen molar-refractivity contribution in [3.8, 4) is 17.2 Å². The minimum Gasteiger partial charge on any atom is -0.493 e. The number of rotatable bonds is 8. The lowest BCUT2D eigenvalue weighted by Gasteiger charge is -2.35. The summed E-state index contributed by atoms with van der Waals surface area (Å²) < 4.78 is 45.1. The van der Waals surface area contributed by atoms with Crippen LogP contribution in [0.25, 0.3) is 0 Å². The van der Waals surface area contributed by atoms with Gasteiger partial charge in [-0.3, -0.25) is 9.10 Å². The van der Waals surface area contributed by atoms with E-state index < -0.39 is 22.0 Å². The van der Waals surface area contributed by atoms with Gasteiger partial charge in [0, 0.05) is 0 Å².